The van der Waals surface area contributed by atoms with Gasteiger partial charge in [-0.1, -0.05) is 49.0 Å². The second-order valence-corrected chi connectivity index (χ2v) is 7.66. The fraction of sp³-hybridized carbons (Fsp3) is 0.231. The van der Waals surface area contributed by atoms with Crippen LogP contribution in [0.5, 0.6) is 23.0 Å². The summed E-state index contributed by atoms with van der Waals surface area (Å²) in [6.07, 6.45) is 0. The Morgan fingerprint density at radius 1 is 0.871 bits per heavy atom. The fourth-order valence-electron chi connectivity index (χ4n) is 4.19. The van der Waals surface area contributed by atoms with E-state index in [1.54, 1.807) is 7.11 Å². The van der Waals surface area contributed by atoms with Gasteiger partial charge < -0.3 is 23.7 Å². The van der Waals surface area contributed by atoms with Crippen molar-refractivity contribution < 1.29 is 23.7 Å². The van der Waals surface area contributed by atoms with E-state index in [1.165, 1.54) is 0 Å². The van der Waals surface area contributed by atoms with Crippen molar-refractivity contribution in [2.45, 2.75) is 18.4 Å². The van der Waals surface area contributed by atoms with Crippen LogP contribution in [0.1, 0.15) is 28.5 Å². The summed E-state index contributed by atoms with van der Waals surface area (Å²) in [5, 5.41) is 0. The normalized spacial score (nSPS) is 19.2. The molecular weight excluding hydrogens is 392 g/mol. The number of hydrogen-bond acceptors (Lipinski definition) is 5. The Labute approximate surface area is 181 Å². The second kappa shape index (κ2) is 8.26. The van der Waals surface area contributed by atoms with Crippen LogP contribution in [0.15, 0.2) is 79.1 Å². The molecule has 5 rings (SSSR count). The van der Waals surface area contributed by atoms with E-state index >= 15 is 0 Å². The molecule has 2 heterocycles. The summed E-state index contributed by atoms with van der Waals surface area (Å²) in [5.74, 6) is 3.84. The van der Waals surface area contributed by atoms with Gasteiger partial charge in [0.05, 0.1) is 25.4 Å². The minimum Gasteiger partial charge on any atom is -0.497 e. The lowest BCUT2D eigenvalue weighted by atomic mass is 9.82. The zero-order valence-electron chi connectivity index (χ0n) is 17.4. The zero-order chi connectivity index (χ0) is 21.2. The molecule has 2 atom stereocenters. The predicted octanol–water partition coefficient (Wildman–Crippen LogP) is 5.41. The van der Waals surface area contributed by atoms with E-state index in [9.17, 15) is 0 Å². The van der Waals surface area contributed by atoms with Gasteiger partial charge >= 0.3 is 0 Å². The third kappa shape index (κ3) is 3.79. The van der Waals surface area contributed by atoms with Gasteiger partial charge in [-0.15, -0.1) is 0 Å². The number of hydrogen-bond donors (Lipinski definition) is 0. The van der Waals surface area contributed by atoms with E-state index in [1.807, 2.05) is 54.6 Å². The maximum Gasteiger partial charge on any atom is 0.231 e. The lowest BCUT2D eigenvalue weighted by Crippen LogP contribution is -2.09. The fourth-order valence-corrected chi connectivity index (χ4v) is 4.19. The molecule has 1 saturated heterocycles. The Balaban J connectivity index is 1.40. The molecular formula is C26H24O5. The van der Waals surface area contributed by atoms with Gasteiger partial charge in [0.15, 0.2) is 23.0 Å². The van der Waals surface area contributed by atoms with Gasteiger partial charge in [-0.2, -0.15) is 0 Å². The van der Waals surface area contributed by atoms with E-state index in [4.69, 9.17) is 23.7 Å². The maximum absolute atomic E-state index is 6.01. The average Bonchev–Trinajstić information content (AvgIpc) is 3.44. The van der Waals surface area contributed by atoms with E-state index in [0.29, 0.717) is 24.7 Å². The van der Waals surface area contributed by atoms with Gasteiger partial charge in [0.25, 0.3) is 0 Å². The first kappa shape index (κ1) is 19.4. The van der Waals surface area contributed by atoms with Gasteiger partial charge in [-0.3, -0.25) is 0 Å². The molecule has 0 saturated carbocycles. The molecule has 0 aliphatic carbocycles. The molecule has 3 aromatic rings. The quantitative estimate of drug-likeness (QED) is 0.537. The molecule has 158 valence electrons. The molecule has 1 fully saturated rings. The number of benzene rings is 3. The van der Waals surface area contributed by atoms with Crippen LogP contribution in [0.25, 0.3) is 0 Å². The van der Waals surface area contributed by atoms with Crippen molar-refractivity contribution in [3.8, 4) is 23.0 Å². The smallest absolute Gasteiger partial charge is 0.231 e. The lowest BCUT2D eigenvalue weighted by molar-refractivity contribution is 0.174. The minimum atomic E-state index is 0.0115. The summed E-state index contributed by atoms with van der Waals surface area (Å²) in [5.41, 5.74) is 3.32. The minimum absolute atomic E-state index is 0.0115. The Morgan fingerprint density at radius 3 is 2.52 bits per heavy atom. The number of rotatable bonds is 6. The highest BCUT2D eigenvalue weighted by Crippen LogP contribution is 2.47. The highest BCUT2D eigenvalue weighted by molar-refractivity contribution is 5.50. The molecule has 0 unspecified atom stereocenters. The van der Waals surface area contributed by atoms with Crippen molar-refractivity contribution in [2.24, 2.45) is 0 Å². The van der Waals surface area contributed by atoms with Crippen molar-refractivity contribution in [3.05, 3.63) is 95.8 Å². The van der Waals surface area contributed by atoms with Crippen LogP contribution in [0.3, 0.4) is 0 Å². The summed E-state index contributed by atoms with van der Waals surface area (Å²) in [6.45, 7) is 5.47. The van der Waals surface area contributed by atoms with Gasteiger partial charge in [0, 0.05) is 5.92 Å². The number of allylic oxidation sites excluding steroid dienone is 1. The second-order valence-electron chi connectivity index (χ2n) is 7.66. The highest BCUT2D eigenvalue weighted by atomic mass is 16.7. The monoisotopic (exact) mass is 416 g/mol. The third-order valence-corrected chi connectivity index (χ3v) is 5.81. The molecule has 0 amide bonds. The van der Waals surface area contributed by atoms with Crippen LogP contribution in [0, 0.1) is 0 Å². The van der Waals surface area contributed by atoms with Crippen molar-refractivity contribution in [1.82, 2.24) is 0 Å². The van der Waals surface area contributed by atoms with Crippen molar-refractivity contribution in [3.63, 3.8) is 0 Å². The third-order valence-electron chi connectivity index (χ3n) is 5.81. The maximum atomic E-state index is 6.01. The molecule has 0 N–H and O–H groups in total. The standard InChI is InChI=1S/C26H24O5/c1-17-26(21(15-28-17)19-8-10-23-25(12-19)31-16-30-23)20-9-11-22(24(13-20)27-2)29-14-18-6-4-3-5-7-18/h3-13,21,26H,1,14-16H2,2H3/t21-,26-/m0/s1. The molecule has 0 spiro atoms. The summed E-state index contributed by atoms with van der Waals surface area (Å²) in [7, 11) is 1.66. The van der Waals surface area contributed by atoms with Gasteiger partial charge in [-0.05, 0) is 41.0 Å². The Bertz CT molecular complexity index is 1090. The molecule has 0 bridgehead atoms. The number of methoxy groups -OCH3 is 1. The summed E-state index contributed by atoms with van der Waals surface area (Å²) < 4.78 is 28.5. The molecule has 2 aliphatic heterocycles. The van der Waals surface area contributed by atoms with Crippen LogP contribution in [-0.4, -0.2) is 20.5 Å². The Morgan fingerprint density at radius 2 is 1.68 bits per heavy atom. The number of fused-ring (bicyclic) bond motifs is 1. The number of ether oxygens (including phenoxy) is 5. The first-order chi connectivity index (χ1) is 15.2. The largest absolute Gasteiger partial charge is 0.497 e. The van der Waals surface area contributed by atoms with E-state index in [-0.39, 0.29) is 18.6 Å². The first-order valence-electron chi connectivity index (χ1n) is 10.3. The predicted molar refractivity (Wildman–Crippen MR) is 117 cm³/mol. The summed E-state index contributed by atoms with van der Waals surface area (Å²) >= 11 is 0. The molecule has 5 nitrogen and oxygen atoms in total. The molecule has 5 heteroatoms. The van der Waals surface area contributed by atoms with Crippen LogP contribution >= 0.6 is 0 Å². The molecule has 31 heavy (non-hydrogen) atoms. The summed E-state index contributed by atoms with van der Waals surface area (Å²) in [4.78, 5) is 0. The Hall–Kier alpha value is -3.60. The van der Waals surface area contributed by atoms with E-state index < -0.39 is 0 Å². The van der Waals surface area contributed by atoms with Crippen LogP contribution in [0.4, 0.5) is 0 Å². The first-order valence-corrected chi connectivity index (χ1v) is 10.3. The van der Waals surface area contributed by atoms with E-state index in [2.05, 4.69) is 18.7 Å². The van der Waals surface area contributed by atoms with E-state index in [0.717, 1.165) is 33.9 Å². The molecule has 0 radical (unpaired) electrons. The van der Waals surface area contributed by atoms with Crippen molar-refractivity contribution in [1.29, 1.82) is 0 Å². The van der Waals surface area contributed by atoms with Crippen molar-refractivity contribution in [2.75, 3.05) is 20.5 Å². The van der Waals surface area contributed by atoms with Gasteiger partial charge in [0.2, 0.25) is 6.79 Å². The molecule has 3 aromatic carbocycles. The lowest BCUT2D eigenvalue weighted by Gasteiger charge is -2.20. The molecule has 0 aromatic heterocycles. The van der Waals surface area contributed by atoms with Crippen LogP contribution < -0.4 is 18.9 Å². The average molecular weight is 416 g/mol. The highest BCUT2D eigenvalue weighted by Gasteiger charge is 2.36. The SMILES string of the molecule is C=C1OC[C@@H](c2ccc3c(c2)OCO3)[C@@H]1c1ccc(OCc2ccccc2)c(OC)c1. The topological polar surface area (TPSA) is 46.2 Å². The van der Waals surface area contributed by atoms with Crippen LogP contribution in [-0.2, 0) is 11.3 Å². The van der Waals surface area contributed by atoms with Crippen LogP contribution in [0.2, 0.25) is 0 Å². The van der Waals surface area contributed by atoms with Gasteiger partial charge in [-0.25, -0.2) is 0 Å². The molecule has 2 aliphatic rings. The van der Waals surface area contributed by atoms with Gasteiger partial charge in [0.1, 0.15) is 6.61 Å². The Kier molecular flexibility index (Phi) is 5.16. The zero-order valence-corrected chi connectivity index (χ0v) is 17.4. The summed E-state index contributed by atoms with van der Waals surface area (Å²) in [6, 6.07) is 22.2. The van der Waals surface area contributed by atoms with Crippen molar-refractivity contribution >= 4 is 0 Å².